The van der Waals surface area contributed by atoms with Crippen molar-refractivity contribution in [1.29, 1.82) is 0 Å². The van der Waals surface area contributed by atoms with Crippen molar-refractivity contribution in [2.75, 3.05) is 13.2 Å². The zero-order valence-electron chi connectivity index (χ0n) is 12.9. The first-order valence-electron chi connectivity index (χ1n) is 7.03. The van der Waals surface area contributed by atoms with E-state index in [-0.39, 0.29) is 12.2 Å². The molecule has 1 heterocycles. The third-order valence-electron chi connectivity index (χ3n) is 2.86. The van der Waals surface area contributed by atoms with Crippen molar-refractivity contribution in [2.24, 2.45) is 0 Å². The molecule has 0 saturated carbocycles. The van der Waals surface area contributed by atoms with Crippen LogP contribution in [0.4, 0.5) is 13.2 Å². The second kappa shape index (κ2) is 7.22. The van der Waals surface area contributed by atoms with Crippen LogP contribution in [-0.4, -0.2) is 23.7 Å². The molecule has 21 heavy (non-hydrogen) atoms. The zero-order valence-corrected chi connectivity index (χ0v) is 12.9. The van der Waals surface area contributed by atoms with Gasteiger partial charge in [-0.2, -0.15) is 13.2 Å². The Hall–Kier alpha value is -1.14. The molecule has 1 aromatic rings. The lowest BCUT2D eigenvalue weighted by Gasteiger charge is -2.27. The molecular weight excluding hydrogens is 281 g/mol. The van der Waals surface area contributed by atoms with Crippen molar-refractivity contribution in [2.45, 2.75) is 51.9 Å². The number of hydrogen-bond acceptors (Lipinski definition) is 3. The topological polar surface area (TPSA) is 34.1 Å². The summed E-state index contributed by atoms with van der Waals surface area (Å²) in [7, 11) is 0. The number of nitrogens with one attached hydrogen (secondary N) is 1. The van der Waals surface area contributed by atoms with Gasteiger partial charge in [-0.05, 0) is 39.8 Å². The number of aromatic nitrogens is 1. The molecule has 0 aliphatic heterocycles. The molecule has 3 nitrogen and oxygen atoms in total. The Morgan fingerprint density at radius 1 is 1.29 bits per heavy atom. The maximum Gasteiger partial charge on any atom is 0.416 e. The second-order valence-electron chi connectivity index (χ2n) is 5.89. The lowest BCUT2D eigenvalue weighted by atomic mass is 10.0. The standard InChI is InChI=1S/C15H23F3N2O/c1-5-7-20-13(10-21-14(2,3)4)11-9-19-8-6-12(11)15(16,17)18/h6,8-9,13,20H,5,7,10H2,1-4H3. The van der Waals surface area contributed by atoms with E-state index in [1.165, 1.54) is 6.20 Å². The van der Waals surface area contributed by atoms with Crippen LogP contribution < -0.4 is 5.32 Å². The number of rotatable bonds is 6. The molecule has 0 fully saturated rings. The van der Waals surface area contributed by atoms with Crippen LogP contribution in [-0.2, 0) is 10.9 Å². The quantitative estimate of drug-likeness (QED) is 0.864. The van der Waals surface area contributed by atoms with Gasteiger partial charge in [-0.25, -0.2) is 0 Å². The van der Waals surface area contributed by atoms with Crippen LogP contribution in [0.3, 0.4) is 0 Å². The van der Waals surface area contributed by atoms with Gasteiger partial charge >= 0.3 is 6.18 Å². The molecule has 0 aromatic carbocycles. The highest BCUT2D eigenvalue weighted by Crippen LogP contribution is 2.34. The maximum atomic E-state index is 13.1. The van der Waals surface area contributed by atoms with E-state index in [1.54, 1.807) is 0 Å². The van der Waals surface area contributed by atoms with Crippen LogP contribution in [0.25, 0.3) is 0 Å². The second-order valence-corrected chi connectivity index (χ2v) is 5.89. The number of pyridine rings is 1. The molecule has 0 radical (unpaired) electrons. The highest BCUT2D eigenvalue weighted by atomic mass is 19.4. The molecule has 1 atom stereocenters. The van der Waals surface area contributed by atoms with Crippen LogP contribution >= 0.6 is 0 Å². The molecular formula is C15H23F3N2O. The minimum atomic E-state index is -4.40. The lowest BCUT2D eigenvalue weighted by molar-refractivity contribution is -0.138. The molecule has 1 unspecified atom stereocenters. The number of halogens is 3. The smallest absolute Gasteiger partial charge is 0.374 e. The molecule has 0 spiro atoms. The molecule has 6 heteroatoms. The van der Waals surface area contributed by atoms with Crippen molar-refractivity contribution in [3.05, 3.63) is 29.6 Å². The number of alkyl halides is 3. The first kappa shape index (κ1) is 17.9. The molecule has 1 rings (SSSR count). The van der Waals surface area contributed by atoms with E-state index in [0.29, 0.717) is 6.54 Å². The summed E-state index contributed by atoms with van der Waals surface area (Å²) < 4.78 is 45.0. The van der Waals surface area contributed by atoms with Gasteiger partial charge in [0.15, 0.2) is 0 Å². The van der Waals surface area contributed by atoms with Crippen molar-refractivity contribution >= 4 is 0 Å². The van der Waals surface area contributed by atoms with Gasteiger partial charge < -0.3 is 10.1 Å². The fraction of sp³-hybridized carbons (Fsp3) is 0.667. The van der Waals surface area contributed by atoms with Gasteiger partial charge in [0.25, 0.3) is 0 Å². The monoisotopic (exact) mass is 304 g/mol. The molecule has 0 saturated heterocycles. The SMILES string of the molecule is CCCNC(COC(C)(C)C)c1cnccc1C(F)(F)F. The average molecular weight is 304 g/mol. The molecule has 0 aliphatic rings. The summed E-state index contributed by atoms with van der Waals surface area (Å²) in [6.45, 7) is 8.36. The van der Waals surface area contributed by atoms with Crippen molar-refractivity contribution in [3.8, 4) is 0 Å². The Labute approximate surface area is 123 Å². The molecule has 0 bridgehead atoms. The van der Waals surface area contributed by atoms with Gasteiger partial charge in [0.2, 0.25) is 0 Å². The van der Waals surface area contributed by atoms with Gasteiger partial charge in [-0.3, -0.25) is 4.98 Å². The summed E-state index contributed by atoms with van der Waals surface area (Å²) in [4.78, 5) is 3.84. The number of hydrogen-bond donors (Lipinski definition) is 1. The number of ether oxygens (including phenoxy) is 1. The van der Waals surface area contributed by atoms with Crippen molar-refractivity contribution in [3.63, 3.8) is 0 Å². The highest BCUT2D eigenvalue weighted by molar-refractivity contribution is 5.29. The predicted octanol–water partition coefficient (Wildman–Crippen LogP) is 3.96. The molecule has 0 aliphatic carbocycles. The van der Waals surface area contributed by atoms with E-state index in [0.717, 1.165) is 18.7 Å². The Morgan fingerprint density at radius 3 is 2.48 bits per heavy atom. The third-order valence-corrected chi connectivity index (χ3v) is 2.86. The molecule has 1 aromatic heterocycles. The third kappa shape index (κ3) is 6.01. The van der Waals surface area contributed by atoms with E-state index in [2.05, 4.69) is 10.3 Å². The predicted molar refractivity (Wildman–Crippen MR) is 76.0 cm³/mol. The Morgan fingerprint density at radius 2 is 1.95 bits per heavy atom. The number of nitrogens with zero attached hydrogens (tertiary/aromatic N) is 1. The van der Waals surface area contributed by atoms with Gasteiger partial charge in [0.05, 0.1) is 23.8 Å². The van der Waals surface area contributed by atoms with E-state index in [1.807, 2.05) is 27.7 Å². The normalized spacial score (nSPS) is 14.2. The van der Waals surface area contributed by atoms with Crippen LogP contribution in [0.1, 0.15) is 51.3 Å². The molecule has 120 valence electrons. The van der Waals surface area contributed by atoms with Crippen LogP contribution in [0, 0.1) is 0 Å². The molecule has 1 N–H and O–H groups in total. The van der Waals surface area contributed by atoms with E-state index in [9.17, 15) is 13.2 Å². The first-order chi connectivity index (χ1) is 9.65. The summed E-state index contributed by atoms with van der Waals surface area (Å²) in [5.74, 6) is 0. The minimum absolute atomic E-state index is 0.128. The van der Waals surface area contributed by atoms with Gasteiger partial charge in [0.1, 0.15) is 0 Å². The fourth-order valence-corrected chi connectivity index (χ4v) is 1.85. The summed E-state index contributed by atoms with van der Waals surface area (Å²) in [5, 5.41) is 3.11. The van der Waals surface area contributed by atoms with E-state index < -0.39 is 23.4 Å². The zero-order chi connectivity index (χ0) is 16.1. The van der Waals surface area contributed by atoms with Crippen LogP contribution in [0.2, 0.25) is 0 Å². The summed E-state index contributed by atoms with van der Waals surface area (Å²) in [6.07, 6.45) is -1.14. The van der Waals surface area contributed by atoms with Gasteiger partial charge in [0, 0.05) is 18.0 Å². The Balaban J connectivity index is 3.02. The summed E-state index contributed by atoms with van der Waals surface area (Å²) in [5.41, 5.74) is -0.946. The Kier molecular flexibility index (Phi) is 6.16. The van der Waals surface area contributed by atoms with Crippen molar-refractivity contribution in [1.82, 2.24) is 10.3 Å². The van der Waals surface area contributed by atoms with Crippen LogP contribution in [0.15, 0.2) is 18.5 Å². The highest BCUT2D eigenvalue weighted by Gasteiger charge is 2.35. The maximum absolute atomic E-state index is 13.1. The largest absolute Gasteiger partial charge is 0.416 e. The molecule has 0 amide bonds. The summed E-state index contributed by atoms with van der Waals surface area (Å²) in [6, 6.07) is 0.474. The summed E-state index contributed by atoms with van der Waals surface area (Å²) >= 11 is 0. The first-order valence-corrected chi connectivity index (χ1v) is 7.03. The Bertz CT molecular complexity index is 441. The van der Waals surface area contributed by atoms with E-state index in [4.69, 9.17) is 4.74 Å². The van der Waals surface area contributed by atoms with Gasteiger partial charge in [-0.15, -0.1) is 0 Å². The minimum Gasteiger partial charge on any atom is -0.374 e. The average Bonchev–Trinajstić information content (AvgIpc) is 2.37. The van der Waals surface area contributed by atoms with Gasteiger partial charge in [-0.1, -0.05) is 6.92 Å². The lowest BCUT2D eigenvalue weighted by Crippen LogP contribution is -2.32. The van der Waals surface area contributed by atoms with Crippen molar-refractivity contribution < 1.29 is 17.9 Å². The van der Waals surface area contributed by atoms with E-state index >= 15 is 0 Å². The van der Waals surface area contributed by atoms with Crippen LogP contribution in [0.5, 0.6) is 0 Å². The fourth-order valence-electron chi connectivity index (χ4n) is 1.85.